The van der Waals surface area contributed by atoms with E-state index < -0.39 is 5.54 Å². The number of nitrogens with one attached hydrogen (secondary N) is 1. The summed E-state index contributed by atoms with van der Waals surface area (Å²) in [5.74, 6) is 0. The van der Waals surface area contributed by atoms with Crippen LogP contribution >= 0.6 is 0 Å². The number of anilines is 1. The summed E-state index contributed by atoms with van der Waals surface area (Å²) in [5.41, 5.74) is 0.560. The van der Waals surface area contributed by atoms with Gasteiger partial charge in [-0.1, -0.05) is 18.2 Å². The number of rotatable bonds is 5. The van der Waals surface area contributed by atoms with E-state index in [1.165, 1.54) is 0 Å². The van der Waals surface area contributed by atoms with Crippen LogP contribution in [0.2, 0.25) is 0 Å². The Morgan fingerprint density at radius 3 is 2.53 bits per heavy atom. The fourth-order valence-electron chi connectivity index (χ4n) is 2.52. The number of aliphatic hydroxyl groups excluding tert-OH is 1. The molecule has 1 aromatic carbocycles. The summed E-state index contributed by atoms with van der Waals surface area (Å²) in [5, 5.41) is 21.7. The molecule has 1 heterocycles. The summed E-state index contributed by atoms with van der Waals surface area (Å²) in [7, 11) is 0. The lowest BCUT2D eigenvalue weighted by atomic mass is 9.88. The lowest BCUT2D eigenvalue weighted by Gasteiger charge is -2.38. The Morgan fingerprint density at radius 2 is 1.95 bits per heavy atom. The lowest BCUT2D eigenvalue weighted by Crippen LogP contribution is -2.48. The van der Waals surface area contributed by atoms with Crippen molar-refractivity contribution in [2.24, 2.45) is 0 Å². The molecule has 4 heteroatoms. The predicted molar refractivity (Wildman–Crippen MR) is 75.8 cm³/mol. The highest BCUT2D eigenvalue weighted by atomic mass is 16.3. The topological polar surface area (TPSA) is 59.3 Å². The average Bonchev–Trinajstić information content (AvgIpc) is 2.48. The SMILES string of the molecule is N#CC1(Nc2ccccc2)CCN(CCCO)CC1. The Hall–Kier alpha value is -1.57. The second-order valence-electron chi connectivity index (χ2n) is 5.10. The standard InChI is InChI=1S/C15H21N3O/c16-13-15(17-14-5-2-1-3-6-14)7-10-18(11-8-15)9-4-12-19/h1-3,5-6,17,19H,4,7-12H2. The number of aliphatic hydroxyl groups is 1. The molecule has 2 rings (SSSR count). The summed E-state index contributed by atoms with van der Waals surface area (Å²) >= 11 is 0. The van der Waals surface area contributed by atoms with Gasteiger partial charge < -0.3 is 15.3 Å². The van der Waals surface area contributed by atoms with E-state index in [0.717, 1.165) is 44.6 Å². The van der Waals surface area contributed by atoms with Crippen molar-refractivity contribution in [2.45, 2.75) is 24.8 Å². The monoisotopic (exact) mass is 259 g/mol. The molecule has 2 N–H and O–H groups in total. The van der Waals surface area contributed by atoms with Crippen LogP contribution in [-0.4, -0.2) is 41.8 Å². The van der Waals surface area contributed by atoms with Crippen molar-refractivity contribution >= 4 is 5.69 Å². The Bertz CT molecular complexity index is 419. The molecular weight excluding hydrogens is 238 g/mol. The Labute approximate surface area is 114 Å². The largest absolute Gasteiger partial charge is 0.396 e. The minimum absolute atomic E-state index is 0.238. The van der Waals surface area contributed by atoms with E-state index >= 15 is 0 Å². The molecule has 0 aliphatic carbocycles. The number of hydrogen-bond acceptors (Lipinski definition) is 4. The van der Waals surface area contributed by atoms with E-state index in [0.29, 0.717) is 0 Å². The van der Waals surface area contributed by atoms with E-state index in [2.05, 4.69) is 16.3 Å². The smallest absolute Gasteiger partial charge is 0.127 e. The number of hydrogen-bond donors (Lipinski definition) is 2. The number of nitriles is 1. The van der Waals surface area contributed by atoms with Gasteiger partial charge in [0, 0.05) is 31.9 Å². The second kappa shape index (κ2) is 6.55. The van der Waals surface area contributed by atoms with Crippen LogP contribution in [0.25, 0.3) is 0 Å². The van der Waals surface area contributed by atoms with Gasteiger partial charge in [0.15, 0.2) is 0 Å². The minimum Gasteiger partial charge on any atom is -0.396 e. The Balaban J connectivity index is 1.93. The first-order chi connectivity index (χ1) is 9.28. The third-order valence-electron chi connectivity index (χ3n) is 3.71. The summed E-state index contributed by atoms with van der Waals surface area (Å²) in [6.45, 7) is 2.98. The highest BCUT2D eigenvalue weighted by molar-refractivity contribution is 5.47. The molecular formula is C15H21N3O. The fourth-order valence-corrected chi connectivity index (χ4v) is 2.52. The van der Waals surface area contributed by atoms with E-state index in [-0.39, 0.29) is 6.61 Å². The molecule has 0 saturated carbocycles. The van der Waals surface area contributed by atoms with Gasteiger partial charge >= 0.3 is 0 Å². The number of para-hydroxylation sites is 1. The molecule has 1 aliphatic heterocycles. The predicted octanol–water partition coefficient (Wildman–Crippen LogP) is 1.84. The quantitative estimate of drug-likeness (QED) is 0.847. The van der Waals surface area contributed by atoms with Crippen LogP contribution in [0.1, 0.15) is 19.3 Å². The van der Waals surface area contributed by atoms with Gasteiger partial charge in [-0.3, -0.25) is 0 Å². The van der Waals surface area contributed by atoms with Crippen molar-refractivity contribution in [3.8, 4) is 6.07 Å². The summed E-state index contributed by atoms with van der Waals surface area (Å²) in [6, 6.07) is 12.4. The van der Waals surface area contributed by atoms with Crippen molar-refractivity contribution < 1.29 is 5.11 Å². The second-order valence-corrected chi connectivity index (χ2v) is 5.10. The zero-order chi connectivity index (χ0) is 13.6. The van der Waals surface area contributed by atoms with Gasteiger partial charge in [-0.25, -0.2) is 0 Å². The van der Waals surface area contributed by atoms with Gasteiger partial charge in [-0.15, -0.1) is 0 Å². The molecule has 19 heavy (non-hydrogen) atoms. The molecule has 1 aliphatic rings. The third-order valence-corrected chi connectivity index (χ3v) is 3.71. The number of nitrogens with zero attached hydrogens (tertiary/aromatic N) is 2. The molecule has 1 saturated heterocycles. The van der Waals surface area contributed by atoms with E-state index in [4.69, 9.17) is 5.11 Å². The maximum Gasteiger partial charge on any atom is 0.127 e. The third kappa shape index (κ3) is 3.69. The van der Waals surface area contributed by atoms with Gasteiger partial charge in [0.05, 0.1) is 6.07 Å². The molecule has 1 fully saturated rings. The highest BCUT2D eigenvalue weighted by Crippen LogP contribution is 2.26. The normalized spacial score (nSPS) is 18.7. The summed E-state index contributed by atoms with van der Waals surface area (Å²) < 4.78 is 0. The maximum absolute atomic E-state index is 9.49. The van der Waals surface area contributed by atoms with Crippen LogP contribution in [0.5, 0.6) is 0 Å². The molecule has 0 amide bonds. The van der Waals surface area contributed by atoms with Crippen LogP contribution in [0.15, 0.2) is 30.3 Å². The van der Waals surface area contributed by atoms with Crippen molar-refractivity contribution in [2.75, 3.05) is 31.6 Å². The summed E-state index contributed by atoms with van der Waals surface area (Å²) in [4.78, 5) is 2.32. The van der Waals surface area contributed by atoms with E-state index in [9.17, 15) is 5.26 Å². The number of piperidine rings is 1. The summed E-state index contributed by atoms with van der Waals surface area (Å²) in [6.07, 6.45) is 2.46. The van der Waals surface area contributed by atoms with Crippen LogP contribution in [-0.2, 0) is 0 Å². The van der Waals surface area contributed by atoms with Crippen LogP contribution in [0, 0.1) is 11.3 Å². The molecule has 0 aromatic heterocycles. The molecule has 1 aromatic rings. The molecule has 102 valence electrons. The first-order valence-corrected chi connectivity index (χ1v) is 6.86. The molecule has 0 radical (unpaired) electrons. The van der Waals surface area contributed by atoms with Crippen molar-refractivity contribution in [1.29, 1.82) is 5.26 Å². The van der Waals surface area contributed by atoms with Gasteiger partial charge in [-0.05, 0) is 31.4 Å². The van der Waals surface area contributed by atoms with Gasteiger partial charge in [0.25, 0.3) is 0 Å². The zero-order valence-electron chi connectivity index (χ0n) is 11.2. The van der Waals surface area contributed by atoms with E-state index in [1.54, 1.807) is 0 Å². The number of likely N-dealkylation sites (tertiary alicyclic amines) is 1. The van der Waals surface area contributed by atoms with Crippen LogP contribution < -0.4 is 5.32 Å². The molecule has 0 bridgehead atoms. The first-order valence-electron chi connectivity index (χ1n) is 6.86. The minimum atomic E-state index is -0.447. The highest BCUT2D eigenvalue weighted by Gasteiger charge is 2.34. The molecule has 4 nitrogen and oxygen atoms in total. The van der Waals surface area contributed by atoms with Crippen molar-refractivity contribution in [1.82, 2.24) is 4.90 Å². The number of benzene rings is 1. The van der Waals surface area contributed by atoms with Crippen molar-refractivity contribution in [3.63, 3.8) is 0 Å². The molecule has 0 atom stereocenters. The van der Waals surface area contributed by atoms with Gasteiger partial charge in [-0.2, -0.15) is 5.26 Å². The van der Waals surface area contributed by atoms with Crippen LogP contribution in [0.4, 0.5) is 5.69 Å². The zero-order valence-corrected chi connectivity index (χ0v) is 11.2. The fraction of sp³-hybridized carbons (Fsp3) is 0.533. The van der Waals surface area contributed by atoms with Gasteiger partial charge in [0.2, 0.25) is 0 Å². The maximum atomic E-state index is 9.49. The Morgan fingerprint density at radius 1 is 1.26 bits per heavy atom. The van der Waals surface area contributed by atoms with Gasteiger partial charge in [0.1, 0.15) is 5.54 Å². The van der Waals surface area contributed by atoms with Crippen LogP contribution in [0.3, 0.4) is 0 Å². The lowest BCUT2D eigenvalue weighted by molar-refractivity contribution is 0.177. The molecule has 0 spiro atoms. The van der Waals surface area contributed by atoms with Crippen molar-refractivity contribution in [3.05, 3.63) is 30.3 Å². The Kier molecular flexibility index (Phi) is 4.78. The average molecular weight is 259 g/mol. The van der Waals surface area contributed by atoms with E-state index in [1.807, 2.05) is 30.3 Å². The first kappa shape index (κ1) is 13.9. The molecule has 0 unspecified atom stereocenters.